The second-order valence-electron chi connectivity index (χ2n) is 7.86. The molecule has 1 fully saturated rings. The Morgan fingerprint density at radius 2 is 1.61 bits per heavy atom. The van der Waals surface area contributed by atoms with E-state index < -0.39 is 23.1 Å². The van der Waals surface area contributed by atoms with E-state index in [4.69, 9.17) is 0 Å². The lowest BCUT2D eigenvalue weighted by Crippen LogP contribution is -2.34. The van der Waals surface area contributed by atoms with E-state index >= 15 is 0 Å². The molecule has 9 heteroatoms. The zero-order valence-electron chi connectivity index (χ0n) is 17.4. The van der Waals surface area contributed by atoms with Gasteiger partial charge < -0.3 is 10.4 Å². The fourth-order valence-electron chi connectivity index (χ4n) is 3.95. The molecule has 1 aliphatic heterocycles. The Kier molecular flexibility index (Phi) is 7.18. The maximum absolute atomic E-state index is 12.9. The van der Waals surface area contributed by atoms with Crippen LogP contribution in [0.25, 0.3) is 0 Å². The van der Waals surface area contributed by atoms with E-state index in [9.17, 15) is 24.3 Å². The zero-order valence-corrected chi connectivity index (χ0v) is 20.4. The van der Waals surface area contributed by atoms with Gasteiger partial charge in [0.1, 0.15) is 0 Å². The number of thioether (sulfide) groups is 1. The second-order valence-corrected chi connectivity index (χ2v) is 10.4. The molecule has 2 aliphatic rings. The number of imide groups is 1. The van der Waals surface area contributed by atoms with Crippen molar-refractivity contribution >= 4 is 69.4 Å². The van der Waals surface area contributed by atoms with E-state index in [2.05, 4.69) is 27.9 Å². The summed E-state index contributed by atoms with van der Waals surface area (Å²) in [5.41, 5.74) is 1.13. The van der Waals surface area contributed by atoms with Crippen LogP contribution < -0.4 is 10.2 Å². The van der Waals surface area contributed by atoms with E-state index in [-0.39, 0.29) is 24.1 Å². The van der Waals surface area contributed by atoms with Crippen LogP contribution >= 0.6 is 34.4 Å². The average Bonchev–Trinajstić information content (AvgIpc) is 3.08. The number of nitrogens with zero attached hydrogens (tertiary/aromatic N) is 1. The van der Waals surface area contributed by atoms with Crippen molar-refractivity contribution in [2.45, 2.75) is 29.4 Å². The lowest BCUT2D eigenvalue weighted by Gasteiger charge is -2.24. The van der Waals surface area contributed by atoms with Gasteiger partial charge in [-0.05, 0) is 84.0 Å². The van der Waals surface area contributed by atoms with E-state index in [1.165, 1.54) is 16.7 Å². The fraction of sp³-hybridized carbons (Fsp3) is 0.250. The van der Waals surface area contributed by atoms with Crippen molar-refractivity contribution in [2.24, 2.45) is 11.8 Å². The van der Waals surface area contributed by atoms with Crippen molar-refractivity contribution in [3.63, 3.8) is 0 Å². The van der Waals surface area contributed by atoms with Gasteiger partial charge in [-0.2, -0.15) is 0 Å². The standard InChI is InChI=1S/C24H21IN2O5S/c25-14-5-9-16(10-6-14)27-21(28)13-20(23(27)30)33-17-11-7-15(8-12-17)26-22(29)18-3-1-2-4-19(18)24(31)32/h1-2,5-12,18-20H,3-4,13H2,(H,26,29)(H,31,32)/t18-,19-,20+/m0/s1. The van der Waals surface area contributed by atoms with Gasteiger partial charge in [0.15, 0.2) is 0 Å². The van der Waals surface area contributed by atoms with Crippen molar-refractivity contribution < 1.29 is 24.3 Å². The van der Waals surface area contributed by atoms with Crippen LogP contribution in [0.3, 0.4) is 0 Å². The van der Waals surface area contributed by atoms with Gasteiger partial charge in [0, 0.05) is 20.6 Å². The molecule has 7 nitrogen and oxygen atoms in total. The second kappa shape index (κ2) is 10.1. The van der Waals surface area contributed by atoms with Crippen molar-refractivity contribution in [2.75, 3.05) is 10.2 Å². The molecule has 1 saturated heterocycles. The summed E-state index contributed by atoms with van der Waals surface area (Å²) in [7, 11) is 0. The number of amides is 3. The minimum absolute atomic E-state index is 0.125. The minimum atomic E-state index is -0.971. The SMILES string of the molecule is O=C(O)[C@H]1CC=CC[C@@H]1C(=O)Nc1ccc(S[C@@H]2CC(=O)N(c3ccc(I)cc3)C2=O)cc1. The lowest BCUT2D eigenvalue weighted by molar-refractivity contribution is -0.146. The van der Waals surface area contributed by atoms with Crippen molar-refractivity contribution in [1.82, 2.24) is 0 Å². The molecule has 0 radical (unpaired) electrons. The van der Waals surface area contributed by atoms with Crippen LogP contribution in [0.1, 0.15) is 19.3 Å². The molecule has 3 atom stereocenters. The van der Waals surface area contributed by atoms with Crippen LogP contribution in [0, 0.1) is 15.4 Å². The molecule has 0 bridgehead atoms. The van der Waals surface area contributed by atoms with Crippen LogP contribution in [-0.2, 0) is 19.2 Å². The summed E-state index contributed by atoms with van der Waals surface area (Å²) in [5, 5.41) is 11.6. The molecule has 1 aliphatic carbocycles. The quantitative estimate of drug-likeness (QED) is 0.302. The maximum Gasteiger partial charge on any atom is 0.307 e. The molecule has 0 spiro atoms. The Hall–Kier alpha value is -2.66. The predicted octanol–water partition coefficient (Wildman–Crippen LogP) is 4.32. The maximum atomic E-state index is 12.9. The number of carboxylic acids is 1. The molecule has 2 aromatic rings. The Morgan fingerprint density at radius 3 is 2.24 bits per heavy atom. The van der Waals surface area contributed by atoms with E-state index in [0.29, 0.717) is 24.2 Å². The van der Waals surface area contributed by atoms with Crippen LogP contribution in [0.4, 0.5) is 11.4 Å². The first-order valence-corrected chi connectivity index (χ1v) is 12.4. The Morgan fingerprint density at radius 1 is 0.970 bits per heavy atom. The number of carboxylic acid groups (broad SMARTS) is 1. The summed E-state index contributed by atoms with van der Waals surface area (Å²) < 4.78 is 1.02. The number of benzene rings is 2. The molecule has 4 rings (SSSR count). The van der Waals surface area contributed by atoms with Crippen molar-refractivity contribution in [1.29, 1.82) is 0 Å². The highest BCUT2D eigenvalue weighted by atomic mass is 127. The Labute approximate surface area is 208 Å². The van der Waals surface area contributed by atoms with E-state index in [0.717, 1.165) is 8.47 Å². The number of anilines is 2. The van der Waals surface area contributed by atoms with Gasteiger partial charge in [-0.1, -0.05) is 12.2 Å². The molecule has 170 valence electrons. The third-order valence-corrected chi connectivity index (χ3v) is 7.59. The van der Waals surface area contributed by atoms with Crippen LogP contribution in [0.5, 0.6) is 0 Å². The molecular weight excluding hydrogens is 555 g/mol. The number of rotatable bonds is 6. The molecule has 1 heterocycles. The number of carbonyl (C=O) groups excluding carboxylic acids is 3. The third-order valence-electron chi connectivity index (χ3n) is 5.68. The summed E-state index contributed by atoms with van der Waals surface area (Å²) >= 11 is 3.48. The summed E-state index contributed by atoms with van der Waals surface area (Å²) in [6, 6.07) is 14.2. The van der Waals surface area contributed by atoms with Gasteiger partial charge in [0.2, 0.25) is 17.7 Å². The minimum Gasteiger partial charge on any atom is -0.481 e. The van der Waals surface area contributed by atoms with Gasteiger partial charge in [-0.3, -0.25) is 19.2 Å². The van der Waals surface area contributed by atoms with Crippen LogP contribution in [-0.4, -0.2) is 34.0 Å². The normalized spacial score (nSPS) is 22.5. The summed E-state index contributed by atoms with van der Waals surface area (Å²) in [5.74, 6) is -3.10. The molecule has 0 unspecified atom stereocenters. The van der Waals surface area contributed by atoms with Crippen LogP contribution in [0.15, 0.2) is 65.6 Å². The number of carbonyl (C=O) groups is 4. The smallest absolute Gasteiger partial charge is 0.307 e. The number of hydrogen-bond acceptors (Lipinski definition) is 5. The molecule has 3 amide bonds. The Bertz CT molecular complexity index is 1120. The first kappa shape index (κ1) is 23.5. The molecule has 2 N–H and O–H groups in total. The van der Waals surface area contributed by atoms with E-state index in [1.807, 2.05) is 18.2 Å². The monoisotopic (exact) mass is 576 g/mol. The van der Waals surface area contributed by atoms with Crippen molar-refractivity contribution in [3.8, 4) is 0 Å². The number of hydrogen-bond donors (Lipinski definition) is 2. The van der Waals surface area contributed by atoms with Gasteiger partial charge in [0.05, 0.1) is 22.8 Å². The van der Waals surface area contributed by atoms with E-state index in [1.54, 1.807) is 42.5 Å². The predicted molar refractivity (Wildman–Crippen MR) is 134 cm³/mol. The van der Waals surface area contributed by atoms with Gasteiger partial charge >= 0.3 is 5.97 Å². The lowest BCUT2D eigenvalue weighted by atomic mass is 9.82. The molecule has 0 saturated carbocycles. The molecular formula is C24H21IN2O5S. The summed E-state index contributed by atoms with van der Waals surface area (Å²) in [6.45, 7) is 0. The largest absolute Gasteiger partial charge is 0.481 e. The highest BCUT2D eigenvalue weighted by molar-refractivity contribution is 14.1. The van der Waals surface area contributed by atoms with Crippen molar-refractivity contribution in [3.05, 3.63) is 64.3 Å². The third kappa shape index (κ3) is 5.30. The van der Waals surface area contributed by atoms with Gasteiger partial charge in [0.25, 0.3) is 0 Å². The zero-order chi connectivity index (χ0) is 23.5. The number of allylic oxidation sites excluding steroid dienone is 2. The topological polar surface area (TPSA) is 104 Å². The fourth-order valence-corrected chi connectivity index (χ4v) is 5.36. The number of nitrogens with one attached hydrogen (secondary N) is 1. The number of halogens is 1. The highest BCUT2D eigenvalue weighted by Gasteiger charge is 2.40. The van der Waals surface area contributed by atoms with Gasteiger partial charge in [-0.15, -0.1) is 11.8 Å². The first-order valence-electron chi connectivity index (χ1n) is 10.4. The highest BCUT2D eigenvalue weighted by Crippen LogP contribution is 2.35. The van der Waals surface area contributed by atoms with Gasteiger partial charge in [-0.25, -0.2) is 4.90 Å². The molecule has 33 heavy (non-hydrogen) atoms. The molecule has 2 aromatic carbocycles. The molecule has 0 aromatic heterocycles. The first-order chi connectivity index (χ1) is 15.8. The van der Waals surface area contributed by atoms with Crippen LogP contribution in [0.2, 0.25) is 0 Å². The Balaban J connectivity index is 1.39. The average molecular weight is 576 g/mol. The summed E-state index contributed by atoms with van der Waals surface area (Å²) in [6.07, 6.45) is 4.49. The summed E-state index contributed by atoms with van der Waals surface area (Å²) in [4.78, 5) is 51.4. The number of aliphatic carboxylic acids is 1.